The van der Waals surface area contributed by atoms with Gasteiger partial charge in [-0.1, -0.05) is 23.4 Å². The van der Waals surface area contributed by atoms with E-state index in [1.54, 1.807) is 0 Å². The Hall–Kier alpha value is -2.70. The van der Waals surface area contributed by atoms with Crippen molar-refractivity contribution < 1.29 is 4.74 Å². The average Bonchev–Trinajstić information content (AvgIpc) is 2.86. The molecule has 7 heteroatoms. The van der Waals surface area contributed by atoms with Gasteiger partial charge >= 0.3 is 0 Å². The summed E-state index contributed by atoms with van der Waals surface area (Å²) in [7, 11) is 1.47. The first-order valence-electron chi connectivity index (χ1n) is 5.25. The molecule has 0 fully saturated rings. The third-order valence-electron chi connectivity index (χ3n) is 2.54. The fourth-order valence-electron chi connectivity index (χ4n) is 1.73. The van der Waals surface area contributed by atoms with Gasteiger partial charge in [-0.15, -0.1) is 10.2 Å². The fourth-order valence-corrected chi connectivity index (χ4v) is 1.73. The third kappa shape index (κ3) is 1.45. The molecule has 0 aliphatic heterocycles. The van der Waals surface area contributed by atoms with Gasteiger partial charge in [0.05, 0.1) is 12.8 Å². The summed E-state index contributed by atoms with van der Waals surface area (Å²) in [6.07, 6.45) is 0. The van der Waals surface area contributed by atoms with Crippen molar-refractivity contribution in [3.8, 4) is 11.6 Å². The summed E-state index contributed by atoms with van der Waals surface area (Å²) in [4.78, 5) is 11.6. The SMILES string of the molecule is COc1n[nH]c(=O)c2nnn(-c3ccccc3)c12. The van der Waals surface area contributed by atoms with Crippen molar-refractivity contribution in [3.63, 3.8) is 0 Å². The lowest BCUT2D eigenvalue weighted by molar-refractivity contribution is 0.395. The summed E-state index contributed by atoms with van der Waals surface area (Å²) in [5.74, 6) is 0.276. The Bertz CT molecular complexity index is 747. The molecule has 1 N–H and O–H groups in total. The smallest absolute Gasteiger partial charge is 0.294 e. The third-order valence-corrected chi connectivity index (χ3v) is 2.54. The van der Waals surface area contributed by atoms with E-state index in [4.69, 9.17) is 4.74 Å². The van der Waals surface area contributed by atoms with Gasteiger partial charge in [0.1, 0.15) is 0 Å². The Morgan fingerprint density at radius 3 is 2.78 bits per heavy atom. The lowest BCUT2D eigenvalue weighted by Crippen LogP contribution is -2.10. The van der Waals surface area contributed by atoms with Crippen LogP contribution in [0.5, 0.6) is 5.88 Å². The second-order valence-corrected chi connectivity index (χ2v) is 3.60. The zero-order valence-corrected chi connectivity index (χ0v) is 9.49. The first-order chi connectivity index (χ1) is 8.81. The highest BCUT2D eigenvalue weighted by molar-refractivity contribution is 5.79. The van der Waals surface area contributed by atoms with Crippen LogP contribution in [0.15, 0.2) is 35.1 Å². The maximum absolute atomic E-state index is 11.6. The predicted octanol–water partition coefficient (Wildman–Crippen LogP) is 0.512. The van der Waals surface area contributed by atoms with Crippen LogP contribution in [0.1, 0.15) is 0 Å². The first kappa shape index (κ1) is 10.5. The Labute approximate surface area is 101 Å². The Morgan fingerprint density at radius 1 is 1.28 bits per heavy atom. The molecule has 90 valence electrons. The number of para-hydroxylation sites is 1. The van der Waals surface area contributed by atoms with Gasteiger partial charge in [-0.05, 0) is 12.1 Å². The quantitative estimate of drug-likeness (QED) is 0.708. The number of H-pyrrole nitrogens is 1. The second kappa shape index (κ2) is 3.95. The van der Waals surface area contributed by atoms with Gasteiger partial charge in [0.15, 0.2) is 11.0 Å². The van der Waals surface area contributed by atoms with Crippen LogP contribution in [-0.2, 0) is 0 Å². The van der Waals surface area contributed by atoms with E-state index < -0.39 is 5.56 Å². The lowest BCUT2D eigenvalue weighted by Gasteiger charge is -2.03. The maximum Gasteiger partial charge on any atom is 0.294 e. The predicted molar refractivity (Wildman–Crippen MR) is 63.8 cm³/mol. The fraction of sp³-hybridized carbons (Fsp3) is 0.0909. The molecular weight excluding hydrogens is 234 g/mol. The molecule has 2 aromatic heterocycles. The van der Waals surface area contributed by atoms with Crippen molar-refractivity contribution in [2.24, 2.45) is 0 Å². The lowest BCUT2D eigenvalue weighted by atomic mass is 10.3. The molecule has 18 heavy (non-hydrogen) atoms. The molecule has 0 atom stereocenters. The molecule has 0 saturated heterocycles. The minimum atomic E-state index is -0.395. The van der Waals surface area contributed by atoms with E-state index in [1.165, 1.54) is 11.8 Å². The van der Waals surface area contributed by atoms with Crippen LogP contribution in [0.2, 0.25) is 0 Å². The molecule has 3 aromatic rings. The van der Waals surface area contributed by atoms with E-state index in [0.29, 0.717) is 5.52 Å². The van der Waals surface area contributed by atoms with Crippen molar-refractivity contribution in [2.45, 2.75) is 0 Å². The Kier molecular flexibility index (Phi) is 2.30. The van der Waals surface area contributed by atoms with E-state index in [9.17, 15) is 4.79 Å². The molecule has 0 radical (unpaired) electrons. The van der Waals surface area contributed by atoms with Crippen LogP contribution in [0.4, 0.5) is 0 Å². The van der Waals surface area contributed by atoms with Gasteiger partial charge < -0.3 is 4.74 Å². The Balaban J connectivity index is 2.38. The van der Waals surface area contributed by atoms with Gasteiger partial charge in [0.2, 0.25) is 0 Å². The number of hydrogen-bond acceptors (Lipinski definition) is 5. The molecule has 0 spiro atoms. The van der Waals surface area contributed by atoms with Crippen molar-refractivity contribution in [3.05, 3.63) is 40.7 Å². The minimum absolute atomic E-state index is 0.200. The van der Waals surface area contributed by atoms with Gasteiger partial charge in [-0.3, -0.25) is 4.79 Å². The van der Waals surface area contributed by atoms with Crippen molar-refractivity contribution in [1.29, 1.82) is 0 Å². The van der Waals surface area contributed by atoms with Crippen molar-refractivity contribution in [2.75, 3.05) is 7.11 Å². The summed E-state index contributed by atoms with van der Waals surface area (Å²) in [5.41, 5.74) is 1.04. The first-order valence-corrected chi connectivity index (χ1v) is 5.25. The maximum atomic E-state index is 11.6. The molecule has 0 amide bonds. The second-order valence-electron chi connectivity index (χ2n) is 3.60. The normalized spacial score (nSPS) is 10.7. The average molecular weight is 243 g/mol. The molecule has 0 unspecified atom stereocenters. The zero-order chi connectivity index (χ0) is 12.5. The Morgan fingerprint density at radius 2 is 2.06 bits per heavy atom. The van der Waals surface area contributed by atoms with Crippen LogP contribution in [0, 0.1) is 0 Å². The number of fused-ring (bicyclic) bond motifs is 1. The highest BCUT2D eigenvalue weighted by atomic mass is 16.5. The van der Waals surface area contributed by atoms with Gasteiger partial charge in [-0.2, -0.15) is 0 Å². The van der Waals surface area contributed by atoms with E-state index in [0.717, 1.165) is 5.69 Å². The summed E-state index contributed by atoms with van der Waals surface area (Å²) in [6.45, 7) is 0. The number of hydrogen-bond donors (Lipinski definition) is 1. The van der Waals surface area contributed by atoms with Crippen LogP contribution in [-0.4, -0.2) is 32.3 Å². The number of nitrogens with zero attached hydrogens (tertiary/aromatic N) is 4. The van der Waals surface area contributed by atoms with Gasteiger partial charge in [-0.25, -0.2) is 9.78 Å². The summed E-state index contributed by atoms with van der Waals surface area (Å²) in [5, 5.41) is 13.9. The number of aromatic nitrogens is 5. The van der Waals surface area contributed by atoms with E-state index >= 15 is 0 Å². The van der Waals surface area contributed by atoms with Crippen molar-refractivity contribution >= 4 is 11.0 Å². The van der Waals surface area contributed by atoms with Crippen LogP contribution < -0.4 is 10.3 Å². The standard InChI is InChI=1S/C11H9N5O2/c1-18-11-9-8(10(17)13-14-11)12-15-16(9)7-5-3-2-4-6-7/h2-6H,1H3,(H,13,17). The number of methoxy groups -OCH3 is 1. The molecule has 3 rings (SSSR count). The molecule has 1 aromatic carbocycles. The number of ether oxygens (including phenoxy) is 1. The summed E-state index contributed by atoms with van der Waals surface area (Å²) < 4.78 is 6.65. The van der Waals surface area contributed by atoms with E-state index in [1.807, 2.05) is 30.3 Å². The minimum Gasteiger partial charge on any atom is -0.478 e. The molecular formula is C11H9N5O2. The molecule has 0 bridgehead atoms. The number of nitrogens with one attached hydrogen (secondary N) is 1. The largest absolute Gasteiger partial charge is 0.478 e. The highest BCUT2D eigenvalue weighted by Gasteiger charge is 2.15. The van der Waals surface area contributed by atoms with Gasteiger partial charge in [0, 0.05) is 0 Å². The molecule has 0 saturated carbocycles. The van der Waals surface area contributed by atoms with E-state index in [2.05, 4.69) is 20.5 Å². The topological polar surface area (TPSA) is 85.7 Å². The number of benzene rings is 1. The van der Waals surface area contributed by atoms with Crippen LogP contribution in [0.25, 0.3) is 16.7 Å². The zero-order valence-electron chi connectivity index (χ0n) is 9.49. The molecule has 2 heterocycles. The number of aromatic amines is 1. The van der Waals surface area contributed by atoms with Gasteiger partial charge in [0.25, 0.3) is 11.4 Å². The monoisotopic (exact) mass is 243 g/mol. The van der Waals surface area contributed by atoms with E-state index in [-0.39, 0.29) is 11.4 Å². The molecule has 0 aliphatic carbocycles. The summed E-state index contributed by atoms with van der Waals surface area (Å²) >= 11 is 0. The number of rotatable bonds is 2. The highest BCUT2D eigenvalue weighted by Crippen LogP contribution is 2.20. The van der Waals surface area contributed by atoms with Crippen molar-refractivity contribution in [1.82, 2.24) is 25.2 Å². The summed E-state index contributed by atoms with van der Waals surface area (Å²) in [6, 6.07) is 9.35. The molecule has 7 nitrogen and oxygen atoms in total. The van der Waals surface area contributed by atoms with Crippen LogP contribution >= 0.6 is 0 Å². The molecule has 0 aliphatic rings. The van der Waals surface area contributed by atoms with Crippen LogP contribution in [0.3, 0.4) is 0 Å².